The number of nitrogens with one attached hydrogen (secondary N) is 1. The lowest BCUT2D eigenvalue weighted by molar-refractivity contribution is -0.122. The molecule has 1 aliphatic rings. The van der Waals surface area contributed by atoms with Crippen molar-refractivity contribution in [3.05, 3.63) is 70.4 Å². The van der Waals surface area contributed by atoms with Gasteiger partial charge in [-0.15, -0.1) is 0 Å². The van der Waals surface area contributed by atoms with Crippen LogP contribution in [0, 0.1) is 18.7 Å². The van der Waals surface area contributed by atoms with Crippen LogP contribution in [-0.4, -0.2) is 35.3 Å². The number of fused-ring (bicyclic) bond motifs is 1. The maximum Gasteiger partial charge on any atom is 0.275 e. The average molecular weight is 394 g/mol. The number of para-hydroxylation sites is 1. The fraction of sp³-hybridized carbons (Fsp3) is 0.318. The largest absolute Gasteiger partial charge is 0.369 e. The molecule has 0 unspecified atom stereocenters. The van der Waals surface area contributed by atoms with Crippen LogP contribution in [0.15, 0.2) is 53.3 Å². The van der Waals surface area contributed by atoms with Crippen LogP contribution >= 0.6 is 0 Å². The molecule has 1 N–H and O–H groups in total. The lowest BCUT2D eigenvalue weighted by Crippen LogP contribution is -2.37. The van der Waals surface area contributed by atoms with E-state index in [-0.39, 0.29) is 29.7 Å². The van der Waals surface area contributed by atoms with Gasteiger partial charge in [-0.2, -0.15) is 5.10 Å². The number of halogens is 1. The summed E-state index contributed by atoms with van der Waals surface area (Å²) >= 11 is 0. The zero-order chi connectivity index (χ0) is 20.4. The van der Waals surface area contributed by atoms with Crippen LogP contribution in [0.25, 0.3) is 10.8 Å². The van der Waals surface area contributed by atoms with Crippen LogP contribution in [0.4, 0.5) is 10.1 Å². The Balaban J connectivity index is 1.37. The van der Waals surface area contributed by atoms with Crippen molar-refractivity contribution < 1.29 is 9.18 Å². The second kappa shape index (κ2) is 8.03. The summed E-state index contributed by atoms with van der Waals surface area (Å²) in [5, 5.41) is 8.53. The monoisotopic (exact) mass is 394 g/mol. The Morgan fingerprint density at radius 3 is 2.69 bits per heavy atom. The van der Waals surface area contributed by atoms with Gasteiger partial charge in [-0.3, -0.25) is 9.59 Å². The molecule has 1 atom stereocenters. The Bertz CT molecular complexity index is 1110. The number of hydrogen-bond donors (Lipinski definition) is 1. The summed E-state index contributed by atoms with van der Waals surface area (Å²) in [6.07, 6.45) is 0.877. The highest BCUT2D eigenvalue weighted by Gasteiger charge is 2.24. The number of benzene rings is 2. The highest BCUT2D eigenvalue weighted by Crippen LogP contribution is 2.25. The second-order valence-corrected chi connectivity index (χ2v) is 7.45. The molecule has 1 saturated heterocycles. The predicted octanol–water partition coefficient (Wildman–Crippen LogP) is 2.49. The number of carbonyl (C=O) groups excluding carboxylic acids is 1. The van der Waals surface area contributed by atoms with Gasteiger partial charge >= 0.3 is 0 Å². The molecule has 0 radical (unpaired) electrons. The van der Waals surface area contributed by atoms with Crippen LogP contribution in [0.1, 0.15) is 12.1 Å². The van der Waals surface area contributed by atoms with E-state index < -0.39 is 0 Å². The Hall–Kier alpha value is -3.22. The zero-order valence-electron chi connectivity index (χ0n) is 16.3. The van der Waals surface area contributed by atoms with Crippen molar-refractivity contribution in [2.24, 2.45) is 5.92 Å². The minimum absolute atomic E-state index is 0.117. The molecule has 1 fully saturated rings. The molecule has 7 heteroatoms. The third kappa shape index (κ3) is 3.99. The van der Waals surface area contributed by atoms with Crippen LogP contribution in [0.3, 0.4) is 0 Å². The van der Waals surface area contributed by atoms with E-state index in [1.54, 1.807) is 24.3 Å². The number of hydrogen-bond acceptors (Lipinski definition) is 4. The molecule has 0 aliphatic carbocycles. The number of aryl methyl sites for hydroxylation is 1. The van der Waals surface area contributed by atoms with Crippen molar-refractivity contribution in [3.8, 4) is 0 Å². The number of aromatic nitrogens is 2. The molecule has 0 bridgehead atoms. The molecular formula is C22H23FN4O2. The molecule has 29 heavy (non-hydrogen) atoms. The van der Waals surface area contributed by atoms with E-state index in [0.717, 1.165) is 18.4 Å². The van der Waals surface area contributed by atoms with Crippen molar-refractivity contribution in [2.45, 2.75) is 19.9 Å². The van der Waals surface area contributed by atoms with Gasteiger partial charge in [0.1, 0.15) is 12.4 Å². The summed E-state index contributed by atoms with van der Waals surface area (Å²) in [5.41, 5.74) is 1.04. The topological polar surface area (TPSA) is 67.2 Å². The van der Waals surface area contributed by atoms with Gasteiger partial charge in [0.15, 0.2) is 0 Å². The lowest BCUT2D eigenvalue weighted by Gasteiger charge is -2.19. The molecule has 1 amide bonds. The fourth-order valence-electron chi connectivity index (χ4n) is 3.89. The average Bonchev–Trinajstić information content (AvgIpc) is 3.19. The van der Waals surface area contributed by atoms with E-state index in [1.165, 1.54) is 10.7 Å². The molecule has 0 spiro atoms. The summed E-state index contributed by atoms with van der Waals surface area (Å²) < 4.78 is 15.2. The molecule has 6 nitrogen and oxygen atoms in total. The quantitative estimate of drug-likeness (QED) is 0.722. The maximum atomic E-state index is 14.0. The van der Waals surface area contributed by atoms with Crippen molar-refractivity contribution in [1.82, 2.24) is 15.1 Å². The van der Waals surface area contributed by atoms with Gasteiger partial charge in [0, 0.05) is 25.0 Å². The van der Waals surface area contributed by atoms with Crippen LogP contribution < -0.4 is 15.8 Å². The first-order chi connectivity index (χ1) is 14.0. The normalized spacial score (nSPS) is 16.3. The maximum absolute atomic E-state index is 14.0. The summed E-state index contributed by atoms with van der Waals surface area (Å²) in [7, 11) is 0. The summed E-state index contributed by atoms with van der Waals surface area (Å²) in [4.78, 5) is 27.0. The zero-order valence-corrected chi connectivity index (χ0v) is 16.3. The first kappa shape index (κ1) is 19.1. The van der Waals surface area contributed by atoms with Crippen LogP contribution in [0.5, 0.6) is 0 Å². The van der Waals surface area contributed by atoms with Crippen molar-refractivity contribution in [2.75, 3.05) is 24.5 Å². The van der Waals surface area contributed by atoms with E-state index in [1.807, 2.05) is 30.0 Å². The van der Waals surface area contributed by atoms with Gasteiger partial charge in [0.25, 0.3) is 5.56 Å². The molecule has 2 heterocycles. The number of carbonyl (C=O) groups is 1. The minimum Gasteiger partial charge on any atom is -0.369 e. The minimum atomic E-state index is -0.270. The van der Waals surface area contributed by atoms with E-state index in [0.29, 0.717) is 29.9 Å². The van der Waals surface area contributed by atoms with Crippen molar-refractivity contribution in [1.29, 1.82) is 0 Å². The van der Waals surface area contributed by atoms with Gasteiger partial charge in [-0.1, -0.05) is 30.3 Å². The molecule has 150 valence electrons. The molecule has 3 aromatic rings. The fourth-order valence-corrected chi connectivity index (χ4v) is 3.89. The van der Waals surface area contributed by atoms with Gasteiger partial charge in [-0.25, -0.2) is 9.07 Å². The molecular weight excluding hydrogens is 371 g/mol. The molecule has 1 aromatic heterocycles. The van der Waals surface area contributed by atoms with Crippen molar-refractivity contribution >= 4 is 22.4 Å². The number of amides is 1. The Labute approximate surface area is 167 Å². The van der Waals surface area contributed by atoms with Crippen LogP contribution in [0.2, 0.25) is 0 Å². The standard InChI is InChI=1S/C22H23FN4O2/c1-15-17-6-2-3-7-18(17)22(29)27(25-15)14-21(28)24-12-16-10-11-26(13-16)20-9-5-4-8-19(20)23/h2-9,16H,10-14H2,1H3,(H,24,28)/t16-/m1/s1. The first-order valence-corrected chi connectivity index (χ1v) is 9.75. The van der Waals surface area contributed by atoms with E-state index in [9.17, 15) is 14.0 Å². The highest BCUT2D eigenvalue weighted by molar-refractivity contribution is 5.83. The molecule has 2 aromatic carbocycles. The van der Waals surface area contributed by atoms with Crippen molar-refractivity contribution in [3.63, 3.8) is 0 Å². The second-order valence-electron chi connectivity index (χ2n) is 7.45. The third-order valence-corrected chi connectivity index (χ3v) is 5.41. The van der Waals surface area contributed by atoms with Gasteiger partial charge in [-0.05, 0) is 37.5 Å². The molecule has 0 saturated carbocycles. The first-order valence-electron chi connectivity index (χ1n) is 9.75. The Morgan fingerprint density at radius 1 is 1.17 bits per heavy atom. The summed E-state index contributed by atoms with van der Waals surface area (Å²) in [5.74, 6) is -0.241. The van der Waals surface area contributed by atoms with Gasteiger partial charge in [0.2, 0.25) is 5.91 Å². The number of rotatable bonds is 5. The number of nitrogens with zero attached hydrogens (tertiary/aromatic N) is 3. The molecule has 4 rings (SSSR count). The van der Waals surface area contributed by atoms with E-state index >= 15 is 0 Å². The summed E-state index contributed by atoms with van der Waals surface area (Å²) in [6.45, 7) is 3.65. The summed E-state index contributed by atoms with van der Waals surface area (Å²) in [6, 6.07) is 14.0. The van der Waals surface area contributed by atoms with Gasteiger partial charge < -0.3 is 10.2 Å². The third-order valence-electron chi connectivity index (χ3n) is 5.41. The predicted molar refractivity (Wildman–Crippen MR) is 110 cm³/mol. The van der Waals surface area contributed by atoms with E-state index in [2.05, 4.69) is 10.4 Å². The number of anilines is 1. The Kier molecular flexibility index (Phi) is 5.29. The van der Waals surface area contributed by atoms with E-state index in [4.69, 9.17) is 0 Å². The SMILES string of the molecule is Cc1nn(CC(=O)NC[C@H]2CCN(c3ccccc3F)C2)c(=O)c2ccccc12. The smallest absolute Gasteiger partial charge is 0.275 e. The molecule has 1 aliphatic heterocycles. The lowest BCUT2D eigenvalue weighted by atomic mass is 10.1. The van der Waals surface area contributed by atoms with Crippen LogP contribution in [-0.2, 0) is 11.3 Å². The highest BCUT2D eigenvalue weighted by atomic mass is 19.1. The Morgan fingerprint density at radius 2 is 1.90 bits per heavy atom. The van der Waals surface area contributed by atoms with Gasteiger partial charge in [0.05, 0.1) is 16.8 Å².